The van der Waals surface area contributed by atoms with E-state index in [2.05, 4.69) is 21.8 Å². The molecule has 0 aromatic carbocycles. The highest BCUT2D eigenvalue weighted by atomic mass is 32.1. The van der Waals surface area contributed by atoms with Crippen molar-refractivity contribution >= 4 is 21.6 Å². The van der Waals surface area contributed by atoms with Gasteiger partial charge >= 0.3 is 0 Å². The fourth-order valence-electron chi connectivity index (χ4n) is 2.52. The second kappa shape index (κ2) is 5.03. The molecule has 1 saturated heterocycles. The molecule has 2 aromatic rings. The molecule has 2 atom stereocenters. The van der Waals surface area contributed by atoms with E-state index >= 15 is 0 Å². The van der Waals surface area contributed by atoms with E-state index in [1.54, 1.807) is 0 Å². The molecule has 6 heteroatoms. The fraction of sp³-hybridized carbons (Fsp3) is 0.538. The van der Waals surface area contributed by atoms with E-state index < -0.39 is 0 Å². The van der Waals surface area contributed by atoms with E-state index in [-0.39, 0.29) is 11.6 Å². The van der Waals surface area contributed by atoms with Gasteiger partial charge in [-0.05, 0) is 30.3 Å². The lowest BCUT2D eigenvalue weighted by atomic mass is 9.94. The molecule has 3 heterocycles. The van der Waals surface area contributed by atoms with Crippen LogP contribution in [0.15, 0.2) is 16.2 Å². The smallest absolute Gasteiger partial charge is 0.268 e. The van der Waals surface area contributed by atoms with E-state index in [0.717, 1.165) is 30.9 Å². The summed E-state index contributed by atoms with van der Waals surface area (Å²) < 4.78 is 0.702. The van der Waals surface area contributed by atoms with Gasteiger partial charge < -0.3 is 10.7 Å². The molecule has 1 fully saturated rings. The van der Waals surface area contributed by atoms with Gasteiger partial charge in [0.25, 0.3) is 5.56 Å². The average Bonchev–Trinajstić information content (AvgIpc) is 2.82. The third kappa shape index (κ3) is 2.56. The third-order valence-electron chi connectivity index (χ3n) is 3.84. The van der Waals surface area contributed by atoms with Crippen LogP contribution in [-0.2, 0) is 6.54 Å². The largest absolute Gasteiger partial charge is 0.326 e. The third-order valence-corrected chi connectivity index (χ3v) is 4.74. The summed E-state index contributed by atoms with van der Waals surface area (Å²) in [6.07, 6.45) is 1.10. The summed E-state index contributed by atoms with van der Waals surface area (Å²) in [6, 6.07) is 2.10. The van der Waals surface area contributed by atoms with Gasteiger partial charge in [-0.25, -0.2) is 4.98 Å². The lowest BCUT2D eigenvalue weighted by Gasteiger charge is -2.34. The molecule has 0 radical (unpaired) electrons. The van der Waals surface area contributed by atoms with Gasteiger partial charge in [-0.2, -0.15) is 0 Å². The highest BCUT2D eigenvalue weighted by Gasteiger charge is 2.23. The van der Waals surface area contributed by atoms with Crippen LogP contribution in [0.3, 0.4) is 0 Å². The first-order chi connectivity index (χ1) is 9.13. The first kappa shape index (κ1) is 12.8. The van der Waals surface area contributed by atoms with E-state index in [1.807, 2.05) is 11.4 Å². The van der Waals surface area contributed by atoms with Crippen molar-refractivity contribution in [2.24, 2.45) is 11.7 Å². The van der Waals surface area contributed by atoms with Gasteiger partial charge in [0.1, 0.15) is 10.5 Å². The average molecular weight is 278 g/mol. The van der Waals surface area contributed by atoms with Crippen molar-refractivity contribution in [3.05, 3.63) is 27.6 Å². The van der Waals surface area contributed by atoms with Gasteiger partial charge in [0.2, 0.25) is 0 Å². The highest BCUT2D eigenvalue weighted by molar-refractivity contribution is 7.17. The van der Waals surface area contributed by atoms with Crippen molar-refractivity contribution in [1.82, 2.24) is 14.9 Å². The van der Waals surface area contributed by atoms with Crippen LogP contribution >= 0.6 is 11.3 Å². The number of nitrogens with one attached hydrogen (secondary N) is 1. The molecule has 1 aliphatic heterocycles. The van der Waals surface area contributed by atoms with E-state index in [4.69, 9.17) is 5.73 Å². The molecular weight excluding hydrogens is 260 g/mol. The Kier molecular flexibility index (Phi) is 3.38. The molecule has 3 rings (SSSR count). The molecule has 0 saturated carbocycles. The maximum Gasteiger partial charge on any atom is 0.268 e. The van der Waals surface area contributed by atoms with E-state index in [9.17, 15) is 4.79 Å². The number of likely N-dealkylation sites (tertiary alicyclic amines) is 1. The minimum atomic E-state index is -0.0373. The van der Waals surface area contributed by atoms with Crippen molar-refractivity contribution in [3.8, 4) is 0 Å². The number of piperidine rings is 1. The van der Waals surface area contributed by atoms with E-state index in [1.165, 1.54) is 11.3 Å². The van der Waals surface area contributed by atoms with Crippen molar-refractivity contribution in [2.45, 2.75) is 25.9 Å². The Morgan fingerprint density at radius 1 is 1.63 bits per heavy atom. The SMILES string of the molecule is CC1CCN(Cc2nc3ccsc3c(=O)[nH]2)CC1N. The van der Waals surface area contributed by atoms with Crippen molar-refractivity contribution in [1.29, 1.82) is 0 Å². The van der Waals surface area contributed by atoms with Crippen molar-refractivity contribution in [3.63, 3.8) is 0 Å². The number of nitrogens with two attached hydrogens (primary N) is 1. The molecule has 0 bridgehead atoms. The molecule has 19 heavy (non-hydrogen) atoms. The fourth-order valence-corrected chi connectivity index (χ4v) is 3.25. The van der Waals surface area contributed by atoms with Crippen LogP contribution in [0.5, 0.6) is 0 Å². The number of hydrogen-bond donors (Lipinski definition) is 2. The summed E-state index contributed by atoms with van der Waals surface area (Å²) in [5, 5.41) is 1.90. The van der Waals surface area contributed by atoms with Gasteiger partial charge in [0.05, 0.1) is 12.1 Å². The topological polar surface area (TPSA) is 75.0 Å². The zero-order chi connectivity index (χ0) is 13.4. The van der Waals surface area contributed by atoms with Gasteiger partial charge in [-0.1, -0.05) is 6.92 Å². The van der Waals surface area contributed by atoms with Crippen molar-refractivity contribution < 1.29 is 0 Å². The van der Waals surface area contributed by atoms with Crippen molar-refractivity contribution in [2.75, 3.05) is 13.1 Å². The van der Waals surface area contributed by atoms with Crippen LogP contribution in [0.2, 0.25) is 0 Å². The zero-order valence-electron chi connectivity index (χ0n) is 10.9. The monoisotopic (exact) mass is 278 g/mol. The summed E-state index contributed by atoms with van der Waals surface area (Å²) in [7, 11) is 0. The number of fused-ring (bicyclic) bond motifs is 1. The van der Waals surface area contributed by atoms with Crippen LogP contribution in [0.1, 0.15) is 19.2 Å². The lowest BCUT2D eigenvalue weighted by molar-refractivity contribution is 0.159. The second-order valence-corrected chi connectivity index (χ2v) is 6.23. The van der Waals surface area contributed by atoms with Gasteiger partial charge in [0.15, 0.2) is 0 Å². The van der Waals surface area contributed by atoms with Gasteiger partial charge in [0, 0.05) is 12.6 Å². The molecule has 3 N–H and O–H groups in total. The summed E-state index contributed by atoms with van der Waals surface area (Å²) in [6.45, 7) is 4.74. The number of thiophene rings is 1. The van der Waals surface area contributed by atoms with Crippen LogP contribution < -0.4 is 11.3 Å². The molecule has 5 nitrogen and oxygen atoms in total. The number of aromatic nitrogens is 2. The Hall–Kier alpha value is -1.24. The standard InChI is InChI=1S/C13H18N4OS/c1-8-2-4-17(6-9(8)14)7-11-15-10-3-5-19-12(10)13(18)16-11/h3,5,8-9H,2,4,6-7,14H2,1H3,(H,15,16,18). The highest BCUT2D eigenvalue weighted by Crippen LogP contribution is 2.18. The Balaban J connectivity index is 1.80. The van der Waals surface area contributed by atoms with Crippen LogP contribution in [0.4, 0.5) is 0 Å². The Labute approximate surface area is 115 Å². The minimum absolute atomic E-state index is 0.0373. The number of H-pyrrole nitrogens is 1. The predicted molar refractivity (Wildman–Crippen MR) is 77.3 cm³/mol. The minimum Gasteiger partial charge on any atom is -0.326 e. The molecule has 2 unspecified atom stereocenters. The number of hydrogen-bond acceptors (Lipinski definition) is 5. The molecule has 2 aromatic heterocycles. The zero-order valence-corrected chi connectivity index (χ0v) is 11.7. The summed E-state index contributed by atoms with van der Waals surface area (Å²) >= 11 is 1.43. The van der Waals surface area contributed by atoms with Crippen LogP contribution in [0.25, 0.3) is 10.2 Å². The molecule has 0 amide bonds. The van der Waals surface area contributed by atoms with Crippen LogP contribution in [0, 0.1) is 5.92 Å². The Morgan fingerprint density at radius 3 is 3.26 bits per heavy atom. The normalized spacial score (nSPS) is 24.9. The number of nitrogens with zero attached hydrogens (tertiary/aromatic N) is 2. The second-order valence-electron chi connectivity index (χ2n) is 5.31. The van der Waals surface area contributed by atoms with Gasteiger partial charge in [-0.15, -0.1) is 11.3 Å². The van der Waals surface area contributed by atoms with E-state index in [0.29, 0.717) is 17.2 Å². The van der Waals surface area contributed by atoms with Crippen LogP contribution in [-0.4, -0.2) is 34.0 Å². The molecule has 1 aliphatic rings. The molecule has 102 valence electrons. The lowest BCUT2D eigenvalue weighted by Crippen LogP contribution is -2.47. The first-order valence-corrected chi connectivity index (χ1v) is 7.46. The molecule has 0 aliphatic carbocycles. The Morgan fingerprint density at radius 2 is 2.47 bits per heavy atom. The molecular formula is C13H18N4OS. The Bertz CT molecular complexity index is 635. The quantitative estimate of drug-likeness (QED) is 0.864. The number of aromatic amines is 1. The van der Waals surface area contributed by atoms with Gasteiger partial charge in [-0.3, -0.25) is 9.69 Å². The number of rotatable bonds is 2. The summed E-state index contributed by atoms with van der Waals surface area (Å²) in [4.78, 5) is 21.5. The maximum atomic E-state index is 11.9. The first-order valence-electron chi connectivity index (χ1n) is 6.58. The summed E-state index contributed by atoms with van der Waals surface area (Å²) in [5.74, 6) is 1.31. The molecule has 0 spiro atoms. The summed E-state index contributed by atoms with van der Waals surface area (Å²) in [5.41, 5.74) is 6.85. The predicted octanol–water partition coefficient (Wildman–Crippen LogP) is 1.15. The maximum absolute atomic E-state index is 11.9.